The summed E-state index contributed by atoms with van der Waals surface area (Å²) in [5, 5.41) is 15.8. The molecule has 0 aliphatic carbocycles. The summed E-state index contributed by atoms with van der Waals surface area (Å²) in [7, 11) is 0. The lowest BCUT2D eigenvalue weighted by Gasteiger charge is -2.25. The van der Waals surface area contributed by atoms with Crippen LogP contribution in [0.5, 0.6) is 0 Å². The van der Waals surface area contributed by atoms with E-state index in [1.165, 1.54) is 11.8 Å². The number of carbonyl (C=O) groups excluding carboxylic acids is 2. The Morgan fingerprint density at radius 1 is 1.21 bits per heavy atom. The van der Waals surface area contributed by atoms with Crippen LogP contribution in [0.3, 0.4) is 0 Å². The van der Waals surface area contributed by atoms with Crippen LogP contribution in [-0.2, 0) is 9.59 Å². The summed E-state index contributed by atoms with van der Waals surface area (Å²) < 4.78 is 0. The topological polar surface area (TPSA) is 82.0 Å². The number of para-hydroxylation sites is 1. The number of carbonyl (C=O) groups is 2. The van der Waals surface area contributed by atoms with Crippen LogP contribution in [0.4, 0.5) is 5.69 Å². The highest BCUT2D eigenvalue weighted by Gasteiger charge is 2.29. The summed E-state index contributed by atoms with van der Waals surface area (Å²) in [6, 6.07) is 17.6. The fourth-order valence-corrected chi connectivity index (χ4v) is 3.93. The normalized spacial score (nSPS) is 16.3. The van der Waals surface area contributed by atoms with Crippen LogP contribution in [0.2, 0.25) is 0 Å². The third-order valence-corrected chi connectivity index (χ3v) is 5.62. The molecular weight excluding hydrogens is 370 g/mol. The standard InChI is InChI=1S/C22H21N3O2S/c1-14-7-9-16(10-8-14)17-11-20(26)25-22(18(17)12-23)28-13-21(27)24-19-6-4-3-5-15(19)2/h3-10,17H,11,13H2,1-2H3,(H,24,27)(H,25,26). The van der Waals surface area contributed by atoms with Gasteiger partial charge >= 0.3 is 0 Å². The van der Waals surface area contributed by atoms with Gasteiger partial charge in [0.15, 0.2) is 0 Å². The zero-order valence-corrected chi connectivity index (χ0v) is 16.6. The molecule has 0 saturated carbocycles. The molecule has 1 aliphatic heterocycles. The van der Waals surface area contributed by atoms with Gasteiger partial charge in [0.2, 0.25) is 11.8 Å². The molecule has 2 aromatic rings. The van der Waals surface area contributed by atoms with Gasteiger partial charge in [-0.15, -0.1) is 0 Å². The maximum atomic E-state index is 12.3. The smallest absolute Gasteiger partial charge is 0.234 e. The Kier molecular flexibility index (Phi) is 6.17. The molecule has 2 N–H and O–H groups in total. The van der Waals surface area contributed by atoms with E-state index in [-0.39, 0.29) is 29.9 Å². The Hall–Kier alpha value is -3.04. The average molecular weight is 391 g/mol. The number of aryl methyl sites for hydroxylation is 2. The van der Waals surface area contributed by atoms with Gasteiger partial charge in [0, 0.05) is 18.0 Å². The first-order chi connectivity index (χ1) is 13.5. The first-order valence-electron chi connectivity index (χ1n) is 8.97. The van der Waals surface area contributed by atoms with Gasteiger partial charge in [0.1, 0.15) is 0 Å². The maximum Gasteiger partial charge on any atom is 0.234 e. The van der Waals surface area contributed by atoms with Crippen molar-refractivity contribution < 1.29 is 9.59 Å². The molecule has 1 atom stereocenters. The number of rotatable bonds is 5. The Bertz CT molecular complexity index is 974. The van der Waals surface area contributed by atoms with E-state index in [1.54, 1.807) is 0 Å². The van der Waals surface area contributed by atoms with Crippen molar-refractivity contribution in [1.82, 2.24) is 5.32 Å². The number of nitrogens with one attached hydrogen (secondary N) is 2. The van der Waals surface area contributed by atoms with Crippen LogP contribution in [0.15, 0.2) is 59.1 Å². The first-order valence-corrected chi connectivity index (χ1v) is 9.95. The highest BCUT2D eigenvalue weighted by atomic mass is 32.2. The van der Waals surface area contributed by atoms with Crippen LogP contribution in [0, 0.1) is 25.2 Å². The van der Waals surface area contributed by atoms with Gasteiger partial charge in [-0.2, -0.15) is 5.26 Å². The molecule has 0 radical (unpaired) electrons. The number of hydrogen-bond donors (Lipinski definition) is 2. The quantitative estimate of drug-likeness (QED) is 0.807. The van der Waals surface area contributed by atoms with Gasteiger partial charge in [-0.25, -0.2) is 0 Å². The minimum Gasteiger partial charge on any atom is -0.325 e. The Morgan fingerprint density at radius 2 is 1.93 bits per heavy atom. The van der Waals surface area contributed by atoms with Crippen molar-refractivity contribution in [3.63, 3.8) is 0 Å². The molecule has 0 aromatic heterocycles. The molecule has 2 aromatic carbocycles. The molecule has 1 aliphatic rings. The van der Waals surface area contributed by atoms with Crippen LogP contribution in [-0.4, -0.2) is 17.6 Å². The summed E-state index contributed by atoms with van der Waals surface area (Å²) in [6.45, 7) is 3.92. The van der Waals surface area contributed by atoms with Gasteiger partial charge < -0.3 is 10.6 Å². The monoisotopic (exact) mass is 391 g/mol. The molecule has 0 fully saturated rings. The Morgan fingerprint density at radius 3 is 2.61 bits per heavy atom. The van der Waals surface area contributed by atoms with Gasteiger partial charge in [-0.1, -0.05) is 59.8 Å². The third kappa shape index (κ3) is 4.62. The third-order valence-electron chi connectivity index (χ3n) is 4.60. The zero-order chi connectivity index (χ0) is 20.1. The molecule has 6 heteroatoms. The van der Waals surface area contributed by atoms with E-state index in [4.69, 9.17) is 0 Å². The van der Waals surface area contributed by atoms with E-state index < -0.39 is 0 Å². The molecule has 1 heterocycles. The fourth-order valence-electron chi connectivity index (χ4n) is 3.05. The second-order valence-corrected chi connectivity index (χ2v) is 7.71. The van der Waals surface area contributed by atoms with Crippen molar-refractivity contribution >= 4 is 29.3 Å². The molecule has 2 amide bonds. The van der Waals surface area contributed by atoms with E-state index in [1.807, 2.05) is 62.4 Å². The Labute approximate surface area is 168 Å². The van der Waals surface area contributed by atoms with Crippen molar-refractivity contribution in [2.75, 3.05) is 11.1 Å². The number of anilines is 1. The Balaban J connectivity index is 1.76. The summed E-state index contributed by atoms with van der Waals surface area (Å²) in [5.41, 5.74) is 4.28. The number of benzene rings is 2. The van der Waals surface area contributed by atoms with Crippen LogP contribution in [0.25, 0.3) is 0 Å². The summed E-state index contributed by atoms with van der Waals surface area (Å²) >= 11 is 1.18. The molecule has 142 valence electrons. The van der Waals surface area contributed by atoms with Gasteiger partial charge in [-0.05, 0) is 31.0 Å². The van der Waals surface area contributed by atoms with E-state index in [0.29, 0.717) is 10.6 Å². The SMILES string of the molecule is Cc1ccc(C2CC(=O)NC(SCC(=O)Nc3ccccc3C)=C2C#N)cc1. The molecule has 0 spiro atoms. The number of hydrogen-bond acceptors (Lipinski definition) is 4. The number of allylic oxidation sites excluding steroid dienone is 1. The lowest BCUT2D eigenvalue weighted by atomic mass is 9.87. The van der Waals surface area contributed by atoms with E-state index in [2.05, 4.69) is 16.7 Å². The van der Waals surface area contributed by atoms with Crippen molar-refractivity contribution in [3.05, 3.63) is 75.8 Å². The first kappa shape index (κ1) is 19.7. The van der Waals surface area contributed by atoms with E-state index in [0.717, 1.165) is 22.4 Å². The summed E-state index contributed by atoms with van der Waals surface area (Å²) in [5.74, 6) is -0.515. The average Bonchev–Trinajstić information content (AvgIpc) is 2.68. The molecule has 0 bridgehead atoms. The highest BCUT2D eigenvalue weighted by molar-refractivity contribution is 8.03. The van der Waals surface area contributed by atoms with Crippen molar-refractivity contribution in [1.29, 1.82) is 5.26 Å². The van der Waals surface area contributed by atoms with E-state index in [9.17, 15) is 14.9 Å². The highest BCUT2D eigenvalue weighted by Crippen LogP contribution is 2.36. The molecule has 0 saturated heterocycles. The number of amides is 2. The summed E-state index contributed by atoms with van der Waals surface area (Å²) in [4.78, 5) is 24.5. The zero-order valence-electron chi connectivity index (χ0n) is 15.8. The van der Waals surface area contributed by atoms with Crippen molar-refractivity contribution in [2.24, 2.45) is 0 Å². The maximum absolute atomic E-state index is 12.3. The largest absolute Gasteiger partial charge is 0.325 e. The number of nitriles is 1. The molecule has 3 rings (SSSR count). The molecule has 28 heavy (non-hydrogen) atoms. The van der Waals surface area contributed by atoms with Gasteiger partial charge in [0.05, 0.1) is 22.4 Å². The van der Waals surface area contributed by atoms with E-state index >= 15 is 0 Å². The van der Waals surface area contributed by atoms with Crippen LogP contribution < -0.4 is 10.6 Å². The number of thioether (sulfide) groups is 1. The second kappa shape index (κ2) is 8.77. The van der Waals surface area contributed by atoms with Gasteiger partial charge in [0.25, 0.3) is 0 Å². The summed E-state index contributed by atoms with van der Waals surface area (Å²) in [6.07, 6.45) is 0.228. The minimum absolute atomic E-state index is 0.107. The minimum atomic E-state index is -0.290. The lowest BCUT2D eigenvalue weighted by molar-refractivity contribution is -0.121. The number of nitrogens with zero attached hydrogens (tertiary/aromatic N) is 1. The fraction of sp³-hybridized carbons (Fsp3) is 0.227. The predicted molar refractivity (Wildman–Crippen MR) is 112 cm³/mol. The molecular formula is C22H21N3O2S. The second-order valence-electron chi connectivity index (χ2n) is 6.72. The van der Waals surface area contributed by atoms with Crippen LogP contribution in [0.1, 0.15) is 29.0 Å². The predicted octanol–water partition coefficient (Wildman–Crippen LogP) is 4.01. The van der Waals surface area contributed by atoms with Crippen LogP contribution >= 0.6 is 11.8 Å². The lowest BCUT2D eigenvalue weighted by Crippen LogP contribution is -2.31. The molecule has 1 unspecified atom stereocenters. The van der Waals surface area contributed by atoms with Crippen molar-refractivity contribution in [2.45, 2.75) is 26.2 Å². The molecule has 5 nitrogen and oxygen atoms in total. The van der Waals surface area contributed by atoms with Gasteiger partial charge in [-0.3, -0.25) is 9.59 Å². The van der Waals surface area contributed by atoms with Crippen molar-refractivity contribution in [3.8, 4) is 6.07 Å².